The molecule has 0 fully saturated rings. The maximum atomic E-state index is 6.84. The molecule has 0 saturated heterocycles. The van der Waals surface area contributed by atoms with Crippen molar-refractivity contribution in [3.05, 3.63) is 59.2 Å². The smallest absolute Gasteiger partial charge is 0.155 e. The Kier molecular flexibility index (Phi) is 5.42. The molecule has 0 aliphatic carbocycles. The Balaban J connectivity index is 2.42. The fourth-order valence-corrected chi connectivity index (χ4v) is 2.58. The number of nitrogens with one attached hydrogen (secondary N) is 1. The predicted octanol–water partition coefficient (Wildman–Crippen LogP) is 4.66. The van der Waals surface area contributed by atoms with E-state index in [2.05, 4.69) is 42.4 Å². The molecule has 0 unspecified atom stereocenters. The van der Waals surface area contributed by atoms with Crippen LogP contribution in [0.1, 0.15) is 36.5 Å². The molecule has 0 bridgehead atoms. The van der Waals surface area contributed by atoms with Crippen LogP contribution in [0.3, 0.4) is 0 Å². The van der Waals surface area contributed by atoms with Crippen LogP contribution < -0.4 is 5.73 Å². The molecular weight excluding hydrogens is 272 g/mol. The summed E-state index contributed by atoms with van der Waals surface area (Å²) in [6, 6.07) is 14.3. The van der Waals surface area contributed by atoms with Gasteiger partial charge >= 0.3 is 0 Å². The number of nitrogens with zero attached hydrogens (tertiary/aromatic N) is 2. The first-order valence-electron chi connectivity index (χ1n) is 7.56. The van der Waals surface area contributed by atoms with Gasteiger partial charge in [0.15, 0.2) is 5.84 Å². The Morgan fingerprint density at radius 3 is 2.64 bits per heavy atom. The first kappa shape index (κ1) is 15.9. The number of hydrogen-bond acceptors (Lipinski definition) is 2. The molecule has 2 aromatic rings. The van der Waals surface area contributed by atoms with Crippen LogP contribution in [-0.2, 0) is 6.42 Å². The molecule has 0 aliphatic heterocycles. The molecule has 0 spiro atoms. The van der Waals surface area contributed by atoms with Crippen molar-refractivity contribution in [1.82, 2.24) is 0 Å². The van der Waals surface area contributed by atoms with E-state index in [0.717, 1.165) is 23.1 Å². The third kappa shape index (κ3) is 3.58. The number of benzene rings is 2. The maximum Gasteiger partial charge on any atom is 0.155 e. The summed E-state index contributed by atoms with van der Waals surface area (Å²) >= 11 is 0. The lowest BCUT2D eigenvalue weighted by atomic mass is 9.94. The highest BCUT2D eigenvalue weighted by Crippen LogP contribution is 2.26. The second-order valence-electron chi connectivity index (χ2n) is 5.38. The first-order valence-corrected chi connectivity index (χ1v) is 7.56. The minimum Gasteiger partial charge on any atom is -0.382 e. The predicted molar refractivity (Wildman–Crippen MR) is 91.1 cm³/mol. The second-order valence-corrected chi connectivity index (χ2v) is 5.38. The van der Waals surface area contributed by atoms with E-state index in [9.17, 15) is 0 Å². The molecule has 2 aromatic carbocycles. The van der Waals surface area contributed by atoms with E-state index in [4.69, 9.17) is 11.3 Å². The van der Waals surface area contributed by atoms with Crippen LogP contribution in [0, 0.1) is 12.5 Å². The minimum absolute atomic E-state index is 0.262. The normalized spacial score (nSPS) is 11.5. The van der Waals surface area contributed by atoms with Crippen molar-refractivity contribution in [3.63, 3.8) is 0 Å². The zero-order chi connectivity index (χ0) is 15.9. The lowest BCUT2D eigenvalue weighted by molar-refractivity contribution is 0.791. The molecule has 4 heteroatoms. The van der Waals surface area contributed by atoms with Gasteiger partial charge in [-0.15, -0.1) is 5.10 Å². The molecule has 0 aliphatic rings. The van der Waals surface area contributed by atoms with Gasteiger partial charge in [0.1, 0.15) is 0 Å². The lowest BCUT2D eigenvalue weighted by Gasteiger charge is -2.12. The molecule has 0 heterocycles. The lowest BCUT2D eigenvalue weighted by Crippen LogP contribution is -2.13. The quantitative estimate of drug-likeness (QED) is 0.346. The average Bonchev–Trinajstić information content (AvgIpc) is 2.54. The number of hydrogen-bond donors (Lipinski definition) is 2. The number of amidine groups is 1. The van der Waals surface area contributed by atoms with Gasteiger partial charge in [0.05, 0.1) is 0 Å². The fraction of sp³-hybridized carbons (Fsp3) is 0.278. The number of aryl methyl sites for hydroxylation is 2. The minimum atomic E-state index is 0.262. The topological polar surface area (TPSA) is 74.6 Å². The largest absolute Gasteiger partial charge is 0.382 e. The van der Waals surface area contributed by atoms with Crippen molar-refractivity contribution >= 4 is 5.84 Å². The van der Waals surface area contributed by atoms with E-state index >= 15 is 0 Å². The summed E-state index contributed by atoms with van der Waals surface area (Å²) in [7, 11) is 0. The Hall–Kier alpha value is -2.49. The maximum absolute atomic E-state index is 6.84. The summed E-state index contributed by atoms with van der Waals surface area (Å²) in [4.78, 5) is 0. The van der Waals surface area contributed by atoms with Crippen LogP contribution in [0.25, 0.3) is 11.1 Å². The molecule has 0 saturated carbocycles. The molecule has 2 rings (SSSR count). The van der Waals surface area contributed by atoms with Crippen molar-refractivity contribution < 1.29 is 0 Å². The summed E-state index contributed by atoms with van der Waals surface area (Å²) in [5.41, 5.74) is 18.4. The summed E-state index contributed by atoms with van der Waals surface area (Å²) in [5, 5.41) is 6.67. The molecule has 4 nitrogen and oxygen atoms in total. The Morgan fingerprint density at radius 1 is 1.18 bits per heavy atom. The van der Waals surface area contributed by atoms with Crippen LogP contribution in [0.2, 0.25) is 0 Å². The standard InChI is InChI=1S/C18H22N4/c1-3-4-7-14-10-11-15(12-13(14)2)16-8-5-6-9-17(16)18(19)21-22-20/h5-6,8-12H,3-4,7H2,1-2H3,(H3,19,20,21). The van der Waals surface area contributed by atoms with Crippen molar-refractivity contribution in [2.45, 2.75) is 33.1 Å². The molecule has 0 atom stereocenters. The monoisotopic (exact) mass is 294 g/mol. The second kappa shape index (κ2) is 7.50. The number of nitrogens with two attached hydrogens (primary N) is 1. The summed E-state index contributed by atoms with van der Waals surface area (Å²) < 4.78 is 0. The van der Waals surface area contributed by atoms with E-state index in [1.807, 2.05) is 24.3 Å². The van der Waals surface area contributed by atoms with Gasteiger partial charge in [-0.2, -0.15) is 5.53 Å². The van der Waals surface area contributed by atoms with Gasteiger partial charge in [-0.3, -0.25) is 0 Å². The van der Waals surface area contributed by atoms with Gasteiger partial charge in [0.2, 0.25) is 0 Å². The average molecular weight is 294 g/mol. The van der Waals surface area contributed by atoms with E-state index in [0.29, 0.717) is 0 Å². The van der Waals surface area contributed by atoms with Gasteiger partial charge in [0, 0.05) is 5.56 Å². The van der Waals surface area contributed by atoms with Crippen molar-refractivity contribution in [3.8, 4) is 11.1 Å². The molecular formula is C18H22N4. The molecule has 0 aromatic heterocycles. The number of unbranched alkanes of at least 4 members (excludes halogenated alkanes) is 1. The third-order valence-corrected chi connectivity index (χ3v) is 3.81. The summed E-state index contributed by atoms with van der Waals surface area (Å²) in [6.07, 6.45) is 3.53. The van der Waals surface area contributed by atoms with Crippen LogP contribution in [-0.4, -0.2) is 5.84 Å². The zero-order valence-corrected chi connectivity index (χ0v) is 13.1. The van der Waals surface area contributed by atoms with Crippen LogP contribution >= 0.6 is 0 Å². The van der Waals surface area contributed by atoms with Crippen LogP contribution in [0.4, 0.5) is 0 Å². The van der Waals surface area contributed by atoms with Crippen LogP contribution in [0.5, 0.6) is 0 Å². The Bertz CT molecular complexity index is 689. The first-order chi connectivity index (χ1) is 10.7. The molecule has 0 radical (unpaired) electrons. The van der Waals surface area contributed by atoms with E-state index in [1.54, 1.807) is 0 Å². The molecule has 3 N–H and O–H groups in total. The van der Waals surface area contributed by atoms with E-state index in [1.165, 1.54) is 24.0 Å². The summed E-state index contributed by atoms with van der Waals surface area (Å²) in [6.45, 7) is 4.35. The van der Waals surface area contributed by atoms with Gasteiger partial charge in [-0.25, -0.2) is 0 Å². The molecule has 22 heavy (non-hydrogen) atoms. The van der Waals surface area contributed by atoms with Crippen molar-refractivity contribution in [2.75, 3.05) is 0 Å². The zero-order valence-electron chi connectivity index (χ0n) is 13.1. The van der Waals surface area contributed by atoms with E-state index in [-0.39, 0.29) is 5.84 Å². The molecule has 114 valence electrons. The highest BCUT2D eigenvalue weighted by atomic mass is 15.3. The Morgan fingerprint density at radius 2 is 1.95 bits per heavy atom. The fourth-order valence-electron chi connectivity index (χ4n) is 2.58. The van der Waals surface area contributed by atoms with E-state index < -0.39 is 0 Å². The van der Waals surface area contributed by atoms with Crippen LogP contribution in [0.15, 0.2) is 52.8 Å². The molecule has 0 amide bonds. The third-order valence-electron chi connectivity index (χ3n) is 3.81. The van der Waals surface area contributed by atoms with Crippen molar-refractivity contribution in [2.24, 2.45) is 16.1 Å². The van der Waals surface area contributed by atoms with Gasteiger partial charge in [-0.1, -0.05) is 61.0 Å². The van der Waals surface area contributed by atoms with Crippen molar-refractivity contribution in [1.29, 1.82) is 5.53 Å². The van der Waals surface area contributed by atoms with Gasteiger partial charge in [0.25, 0.3) is 0 Å². The number of rotatable bonds is 6. The Labute approximate surface area is 131 Å². The van der Waals surface area contributed by atoms with Gasteiger partial charge in [-0.05, 0) is 42.0 Å². The summed E-state index contributed by atoms with van der Waals surface area (Å²) in [5.74, 6) is 0.262. The van der Waals surface area contributed by atoms with Gasteiger partial charge < -0.3 is 5.73 Å². The SMILES string of the molecule is CCCCc1ccc(-c2ccccc2C(N)=NN=N)cc1C. The highest BCUT2D eigenvalue weighted by molar-refractivity contribution is 6.03. The highest BCUT2D eigenvalue weighted by Gasteiger charge is 2.09.